The van der Waals surface area contributed by atoms with E-state index >= 15 is 0 Å². The summed E-state index contributed by atoms with van der Waals surface area (Å²) in [6.45, 7) is 6.50. The second kappa shape index (κ2) is 6.61. The number of hydrogen-bond acceptors (Lipinski definition) is 2. The smallest absolute Gasteiger partial charge is 0.310 e. The SMILES string of the molecule is CC(C)C(C)Sc1ccc(CNC2CC2)c(C(F)(F)F)c1. The Labute approximate surface area is 128 Å². The summed E-state index contributed by atoms with van der Waals surface area (Å²) in [7, 11) is 0. The molecule has 1 aliphatic carbocycles. The minimum absolute atomic E-state index is 0.293. The third kappa shape index (κ3) is 4.92. The van der Waals surface area contributed by atoms with Gasteiger partial charge in [0.05, 0.1) is 5.56 Å². The molecule has 1 nitrogen and oxygen atoms in total. The molecular weight excluding hydrogens is 295 g/mol. The van der Waals surface area contributed by atoms with Gasteiger partial charge in [-0.25, -0.2) is 0 Å². The predicted octanol–water partition coefficient (Wildman–Crippen LogP) is 5.09. The van der Waals surface area contributed by atoms with E-state index < -0.39 is 11.7 Å². The molecule has 1 aliphatic rings. The fourth-order valence-corrected chi connectivity index (χ4v) is 2.97. The van der Waals surface area contributed by atoms with Gasteiger partial charge in [0, 0.05) is 22.7 Å². The highest BCUT2D eigenvalue weighted by molar-refractivity contribution is 8.00. The van der Waals surface area contributed by atoms with Crippen LogP contribution >= 0.6 is 11.8 Å². The largest absolute Gasteiger partial charge is 0.416 e. The van der Waals surface area contributed by atoms with Crippen LogP contribution in [0.4, 0.5) is 13.2 Å². The predicted molar refractivity (Wildman–Crippen MR) is 81.5 cm³/mol. The fourth-order valence-electron chi connectivity index (χ4n) is 1.94. The van der Waals surface area contributed by atoms with Crippen molar-refractivity contribution in [1.82, 2.24) is 5.32 Å². The summed E-state index contributed by atoms with van der Waals surface area (Å²) in [5, 5.41) is 3.45. The van der Waals surface area contributed by atoms with E-state index in [1.165, 1.54) is 17.8 Å². The third-order valence-electron chi connectivity index (χ3n) is 3.81. The maximum absolute atomic E-state index is 13.2. The summed E-state index contributed by atoms with van der Waals surface area (Å²) in [6, 6.07) is 5.13. The maximum Gasteiger partial charge on any atom is 0.416 e. The number of hydrogen-bond donors (Lipinski definition) is 1. The Bertz CT molecular complexity index is 481. The molecule has 0 radical (unpaired) electrons. The van der Waals surface area contributed by atoms with Crippen LogP contribution in [0, 0.1) is 5.92 Å². The van der Waals surface area contributed by atoms with E-state index in [2.05, 4.69) is 19.2 Å². The monoisotopic (exact) mass is 317 g/mol. The van der Waals surface area contributed by atoms with Crippen LogP contribution in [0.25, 0.3) is 0 Å². The Morgan fingerprint density at radius 3 is 2.43 bits per heavy atom. The van der Waals surface area contributed by atoms with Gasteiger partial charge >= 0.3 is 6.18 Å². The van der Waals surface area contributed by atoms with Crippen molar-refractivity contribution in [2.75, 3.05) is 0 Å². The van der Waals surface area contributed by atoms with Crippen molar-refractivity contribution >= 4 is 11.8 Å². The van der Waals surface area contributed by atoms with E-state index in [0.717, 1.165) is 12.8 Å². The Kier molecular flexibility index (Phi) is 5.25. The van der Waals surface area contributed by atoms with Crippen LogP contribution < -0.4 is 5.32 Å². The standard InChI is InChI=1S/C16H22F3NS/c1-10(2)11(3)21-14-7-4-12(9-20-13-5-6-13)15(8-14)16(17,18)19/h4,7-8,10-11,13,20H,5-6,9H2,1-3H3. The molecule has 2 rings (SSSR count). The molecule has 1 fully saturated rings. The number of nitrogens with one attached hydrogen (secondary N) is 1. The van der Waals surface area contributed by atoms with Crippen LogP contribution in [0.3, 0.4) is 0 Å². The van der Waals surface area contributed by atoms with E-state index in [1.807, 2.05) is 13.0 Å². The zero-order chi connectivity index (χ0) is 15.6. The molecule has 0 aliphatic heterocycles. The van der Waals surface area contributed by atoms with Crippen molar-refractivity contribution in [2.45, 2.75) is 62.5 Å². The van der Waals surface area contributed by atoms with Gasteiger partial charge in [-0.3, -0.25) is 0 Å². The molecule has 5 heteroatoms. The molecule has 1 unspecified atom stereocenters. The number of rotatable bonds is 6. The topological polar surface area (TPSA) is 12.0 Å². The first-order valence-corrected chi connectivity index (χ1v) is 8.25. The Morgan fingerprint density at radius 2 is 1.90 bits per heavy atom. The Balaban J connectivity index is 2.17. The molecule has 0 aromatic heterocycles. The first-order chi connectivity index (χ1) is 9.77. The summed E-state index contributed by atoms with van der Waals surface area (Å²) >= 11 is 1.51. The van der Waals surface area contributed by atoms with Gasteiger partial charge in [-0.2, -0.15) is 13.2 Å². The van der Waals surface area contributed by atoms with Gasteiger partial charge in [0.15, 0.2) is 0 Å². The molecule has 0 saturated heterocycles. The highest BCUT2D eigenvalue weighted by Crippen LogP contribution is 2.37. The van der Waals surface area contributed by atoms with Crippen LogP contribution in [0.15, 0.2) is 23.1 Å². The van der Waals surface area contributed by atoms with Crippen LogP contribution in [-0.4, -0.2) is 11.3 Å². The van der Waals surface area contributed by atoms with Crippen LogP contribution in [0.5, 0.6) is 0 Å². The molecule has 0 heterocycles. The van der Waals surface area contributed by atoms with E-state index in [1.54, 1.807) is 6.07 Å². The molecule has 0 amide bonds. The molecule has 21 heavy (non-hydrogen) atoms. The zero-order valence-electron chi connectivity index (χ0n) is 12.6. The minimum atomic E-state index is -4.29. The van der Waals surface area contributed by atoms with Gasteiger partial charge in [-0.15, -0.1) is 11.8 Å². The van der Waals surface area contributed by atoms with Crippen molar-refractivity contribution in [2.24, 2.45) is 5.92 Å². The summed E-state index contributed by atoms with van der Waals surface area (Å²) in [4.78, 5) is 0.693. The zero-order valence-corrected chi connectivity index (χ0v) is 13.4. The molecule has 1 N–H and O–H groups in total. The molecule has 1 aromatic carbocycles. The van der Waals surface area contributed by atoms with Gasteiger partial charge in [0.2, 0.25) is 0 Å². The highest BCUT2D eigenvalue weighted by atomic mass is 32.2. The van der Waals surface area contributed by atoms with Crippen LogP contribution in [-0.2, 0) is 12.7 Å². The lowest BCUT2D eigenvalue weighted by Gasteiger charge is -2.18. The molecule has 118 valence electrons. The van der Waals surface area contributed by atoms with Crippen molar-refractivity contribution < 1.29 is 13.2 Å². The van der Waals surface area contributed by atoms with Crippen molar-refractivity contribution in [3.8, 4) is 0 Å². The van der Waals surface area contributed by atoms with Crippen molar-refractivity contribution in [1.29, 1.82) is 0 Å². The lowest BCUT2D eigenvalue weighted by molar-refractivity contribution is -0.138. The van der Waals surface area contributed by atoms with Crippen molar-refractivity contribution in [3.63, 3.8) is 0 Å². The minimum Gasteiger partial charge on any atom is -0.310 e. The number of alkyl halides is 3. The molecule has 1 atom stereocenters. The summed E-state index contributed by atoms with van der Waals surface area (Å²) < 4.78 is 39.7. The van der Waals surface area contributed by atoms with Crippen molar-refractivity contribution in [3.05, 3.63) is 29.3 Å². The number of halogens is 3. The average Bonchev–Trinajstić information content (AvgIpc) is 3.20. The summed E-state index contributed by atoms with van der Waals surface area (Å²) in [5.41, 5.74) is -0.160. The van der Waals surface area contributed by atoms with Gasteiger partial charge in [0.1, 0.15) is 0 Å². The second-order valence-electron chi connectivity index (χ2n) is 6.04. The average molecular weight is 317 g/mol. The van der Waals surface area contributed by atoms with E-state index in [4.69, 9.17) is 0 Å². The molecule has 0 bridgehead atoms. The van der Waals surface area contributed by atoms with E-state index in [0.29, 0.717) is 34.2 Å². The molecule has 1 saturated carbocycles. The fraction of sp³-hybridized carbons (Fsp3) is 0.625. The molecule has 1 aromatic rings. The van der Waals surface area contributed by atoms with E-state index in [-0.39, 0.29) is 0 Å². The Hall–Kier alpha value is -0.680. The van der Waals surface area contributed by atoms with Gasteiger partial charge < -0.3 is 5.32 Å². The first kappa shape index (κ1) is 16.7. The number of thioether (sulfide) groups is 1. The molecule has 0 spiro atoms. The first-order valence-electron chi connectivity index (χ1n) is 7.37. The Morgan fingerprint density at radius 1 is 1.24 bits per heavy atom. The third-order valence-corrected chi connectivity index (χ3v) is 5.25. The second-order valence-corrected chi connectivity index (χ2v) is 7.49. The van der Waals surface area contributed by atoms with Gasteiger partial charge in [-0.05, 0) is 36.5 Å². The quantitative estimate of drug-likeness (QED) is 0.733. The number of benzene rings is 1. The normalized spacial score (nSPS) is 17.3. The maximum atomic E-state index is 13.2. The van der Waals surface area contributed by atoms with Crippen LogP contribution in [0.2, 0.25) is 0 Å². The summed E-state index contributed by atoms with van der Waals surface area (Å²) in [5.74, 6) is 0.431. The van der Waals surface area contributed by atoms with Crippen LogP contribution in [0.1, 0.15) is 44.7 Å². The highest BCUT2D eigenvalue weighted by Gasteiger charge is 2.34. The van der Waals surface area contributed by atoms with Gasteiger partial charge in [-0.1, -0.05) is 26.8 Å². The van der Waals surface area contributed by atoms with E-state index in [9.17, 15) is 13.2 Å². The van der Waals surface area contributed by atoms with Gasteiger partial charge in [0.25, 0.3) is 0 Å². The molecular formula is C16H22F3NS. The summed E-state index contributed by atoms with van der Waals surface area (Å²) in [6.07, 6.45) is -2.15. The lowest BCUT2D eigenvalue weighted by Crippen LogP contribution is -2.19. The lowest BCUT2D eigenvalue weighted by atomic mass is 10.1.